The summed E-state index contributed by atoms with van der Waals surface area (Å²) in [6.07, 6.45) is 12.7. The first-order chi connectivity index (χ1) is 25.9. The van der Waals surface area contributed by atoms with E-state index in [0.717, 1.165) is 34.0 Å². The molecule has 0 bridgehead atoms. The first-order valence-electron chi connectivity index (χ1n) is 21.2. The summed E-state index contributed by atoms with van der Waals surface area (Å²) >= 11 is 0. The van der Waals surface area contributed by atoms with Crippen LogP contribution in [0.3, 0.4) is 0 Å². The maximum atomic E-state index is 10.6. The van der Waals surface area contributed by atoms with Crippen LogP contribution < -0.4 is 5.46 Å². The molecular formula is C49H67BN3O2. The molecule has 5 nitrogen and oxygen atoms in total. The quantitative estimate of drug-likeness (QED) is 0.173. The van der Waals surface area contributed by atoms with Crippen LogP contribution in [-0.2, 0) is 15.5 Å². The second-order valence-corrected chi connectivity index (χ2v) is 19.6. The van der Waals surface area contributed by atoms with Crippen molar-refractivity contribution in [2.24, 2.45) is 23.7 Å². The van der Waals surface area contributed by atoms with E-state index in [9.17, 15) is 5.11 Å². The zero-order valence-corrected chi connectivity index (χ0v) is 35.6. The molecule has 0 spiro atoms. The predicted molar refractivity (Wildman–Crippen MR) is 231 cm³/mol. The maximum absolute atomic E-state index is 10.6. The molecule has 1 heterocycles. The summed E-state index contributed by atoms with van der Waals surface area (Å²) in [6.45, 7) is 21.9. The molecule has 0 amide bonds. The number of rotatable bonds is 9. The monoisotopic (exact) mass is 741 g/mol. The van der Waals surface area contributed by atoms with E-state index in [1.807, 2.05) is 38.1 Å². The van der Waals surface area contributed by atoms with E-state index in [0.29, 0.717) is 29.3 Å². The summed E-state index contributed by atoms with van der Waals surface area (Å²) in [6, 6.07) is 26.3. The molecule has 2 aliphatic rings. The molecule has 1 radical (unpaired) electrons. The molecule has 55 heavy (non-hydrogen) atoms. The molecule has 2 saturated carbocycles. The zero-order chi connectivity index (χ0) is 39.6. The Kier molecular flexibility index (Phi) is 12.5. The molecule has 3 aromatic carbocycles. The summed E-state index contributed by atoms with van der Waals surface area (Å²) < 4.78 is 6.03. The average molecular weight is 741 g/mol. The van der Waals surface area contributed by atoms with Gasteiger partial charge in [0.25, 0.3) is 0 Å². The highest BCUT2D eigenvalue weighted by atomic mass is 16.5. The largest absolute Gasteiger partial charge is 0.427 e. The third-order valence-electron chi connectivity index (χ3n) is 13.5. The number of benzene rings is 3. The van der Waals surface area contributed by atoms with Crippen molar-refractivity contribution < 1.29 is 9.76 Å². The van der Waals surface area contributed by atoms with Crippen molar-refractivity contribution in [1.29, 1.82) is 0 Å². The molecule has 1 N–H and O–H groups in total. The third kappa shape index (κ3) is 9.97. The zero-order valence-electron chi connectivity index (χ0n) is 35.6. The van der Waals surface area contributed by atoms with Crippen molar-refractivity contribution in [3.8, 4) is 34.2 Å². The number of aromatic nitrogens is 3. The van der Waals surface area contributed by atoms with E-state index in [4.69, 9.17) is 19.6 Å². The molecule has 0 saturated heterocycles. The number of aliphatic hydroxyl groups is 1. The number of hydrogen-bond acceptors (Lipinski definition) is 5. The van der Waals surface area contributed by atoms with Gasteiger partial charge in [-0.05, 0) is 112 Å². The van der Waals surface area contributed by atoms with Crippen LogP contribution in [0.4, 0.5) is 0 Å². The summed E-state index contributed by atoms with van der Waals surface area (Å²) in [5.74, 6) is 5.06. The van der Waals surface area contributed by atoms with E-state index in [2.05, 4.69) is 90.1 Å². The highest BCUT2D eigenvalue weighted by Crippen LogP contribution is 2.43. The average Bonchev–Trinajstić information content (AvgIpc) is 3.12. The van der Waals surface area contributed by atoms with Gasteiger partial charge in [0.1, 0.15) is 0 Å². The van der Waals surface area contributed by atoms with Gasteiger partial charge in [0.05, 0.1) is 11.2 Å². The molecule has 0 aliphatic heterocycles. The van der Waals surface area contributed by atoms with Crippen LogP contribution in [0.5, 0.6) is 0 Å². The van der Waals surface area contributed by atoms with Gasteiger partial charge in [-0.15, -0.1) is 0 Å². The SMILES string of the molecule is CC1CCCC(C)(c2ccc(-c3nc(-c4ccc([B]OC(C)(C)C(C)(C)O)cc4)nc(-c4ccc(C5(C)CCCC(C)C[C@H](C)C5)cc4)n3)cc2)C[C@H](C)C1. The molecule has 2 aliphatic carbocycles. The third-order valence-corrected chi connectivity index (χ3v) is 13.5. The second kappa shape index (κ2) is 16.6. The van der Waals surface area contributed by atoms with Gasteiger partial charge in [0.2, 0.25) is 0 Å². The van der Waals surface area contributed by atoms with Crippen molar-refractivity contribution in [3.05, 3.63) is 83.9 Å². The lowest BCUT2D eigenvalue weighted by Crippen LogP contribution is -2.49. The second-order valence-electron chi connectivity index (χ2n) is 19.6. The Bertz CT molecular complexity index is 1770. The standard InChI is InChI=1S/C49H67BN3O2/c1-33-13-11-27-48(9,31-35(3)29-33)40-21-15-37(16-22-40)43-51-44(38-17-23-41(24-18-38)49(10)28-12-14-34(2)30-36(4)32-49)53-45(52-43)39-19-25-42(26-20-39)50-55-47(7,8)46(5,6)54/h15-26,33-36,54H,11-14,27-32H2,1-10H3/t33?,34?,35-,36+,48?,49?. The van der Waals surface area contributed by atoms with E-state index in [1.165, 1.54) is 75.3 Å². The van der Waals surface area contributed by atoms with Gasteiger partial charge in [-0.3, -0.25) is 0 Å². The van der Waals surface area contributed by atoms with Gasteiger partial charge in [0.15, 0.2) is 17.5 Å². The van der Waals surface area contributed by atoms with Crippen LogP contribution in [0.25, 0.3) is 34.2 Å². The minimum atomic E-state index is -0.995. The van der Waals surface area contributed by atoms with Crippen LogP contribution in [0.2, 0.25) is 0 Å². The van der Waals surface area contributed by atoms with Crippen molar-refractivity contribution in [2.75, 3.05) is 0 Å². The first-order valence-corrected chi connectivity index (χ1v) is 21.2. The van der Waals surface area contributed by atoms with Crippen LogP contribution in [0.15, 0.2) is 72.8 Å². The molecule has 1 aromatic heterocycles. The summed E-state index contributed by atoms with van der Waals surface area (Å²) in [5, 5.41) is 10.6. The van der Waals surface area contributed by atoms with Gasteiger partial charge < -0.3 is 9.76 Å². The molecule has 6 atom stereocenters. The molecule has 2 fully saturated rings. The minimum absolute atomic E-state index is 0.170. The summed E-state index contributed by atoms with van der Waals surface area (Å²) in [7, 11) is 1.71. The Morgan fingerprint density at radius 1 is 0.582 bits per heavy atom. The van der Waals surface area contributed by atoms with E-state index >= 15 is 0 Å². The molecular weight excluding hydrogens is 673 g/mol. The van der Waals surface area contributed by atoms with Crippen LogP contribution in [0, 0.1) is 23.7 Å². The molecule has 6 heteroatoms. The van der Waals surface area contributed by atoms with Gasteiger partial charge in [0, 0.05) is 16.7 Å². The van der Waals surface area contributed by atoms with E-state index < -0.39 is 11.2 Å². The van der Waals surface area contributed by atoms with Crippen molar-refractivity contribution in [1.82, 2.24) is 15.0 Å². The Balaban J connectivity index is 1.32. The van der Waals surface area contributed by atoms with Crippen molar-refractivity contribution >= 4 is 12.9 Å². The summed E-state index contributed by atoms with van der Waals surface area (Å²) in [4.78, 5) is 15.3. The Hall–Kier alpha value is -3.35. The molecule has 293 valence electrons. The lowest BCUT2D eigenvalue weighted by atomic mass is 9.68. The Morgan fingerprint density at radius 2 is 0.945 bits per heavy atom. The normalized spacial score (nSPS) is 27.0. The van der Waals surface area contributed by atoms with Gasteiger partial charge in [-0.1, -0.05) is 145 Å². The molecule has 4 aromatic rings. The van der Waals surface area contributed by atoms with E-state index in [-0.39, 0.29) is 10.8 Å². The maximum Gasteiger partial charge on any atom is 0.330 e. The fourth-order valence-corrected chi connectivity index (χ4v) is 9.60. The lowest BCUT2D eigenvalue weighted by Gasteiger charge is -2.37. The minimum Gasteiger partial charge on any atom is -0.427 e. The predicted octanol–water partition coefficient (Wildman–Crippen LogP) is 11.7. The summed E-state index contributed by atoms with van der Waals surface area (Å²) in [5.41, 5.74) is 5.23. The highest BCUT2D eigenvalue weighted by molar-refractivity contribution is 6.47. The Morgan fingerprint density at radius 3 is 1.31 bits per heavy atom. The van der Waals surface area contributed by atoms with Crippen LogP contribution in [-0.4, -0.2) is 38.7 Å². The highest BCUT2D eigenvalue weighted by Gasteiger charge is 2.36. The topological polar surface area (TPSA) is 68.1 Å². The van der Waals surface area contributed by atoms with Crippen molar-refractivity contribution in [3.63, 3.8) is 0 Å². The van der Waals surface area contributed by atoms with Crippen molar-refractivity contribution in [2.45, 2.75) is 155 Å². The van der Waals surface area contributed by atoms with Gasteiger partial charge in [-0.2, -0.15) is 0 Å². The fraction of sp³-hybridized carbons (Fsp3) is 0.571. The van der Waals surface area contributed by atoms with Gasteiger partial charge >= 0.3 is 7.48 Å². The van der Waals surface area contributed by atoms with E-state index in [1.54, 1.807) is 21.3 Å². The Labute approximate surface area is 333 Å². The number of nitrogens with zero attached hydrogens (tertiary/aromatic N) is 3. The fourth-order valence-electron chi connectivity index (χ4n) is 9.60. The lowest BCUT2D eigenvalue weighted by molar-refractivity contribution is -0.0893. The first kappa shape index (κ1) is 41.3. The molecule has 6 rings (SSSR count). The number of hydrogen-bond donors (Lipinski definition) is 1. The smallest absolute Gasteiger partial charge is 0.330 e. The van der Waals surface area contributed by atoms with Gasteiger partial charge in [-0.25, -0.2) is 15.0 Å². The van der Waals surface area contributed by atoms with Crippen LogP contribution >= 0.6 is 0 Å². The van der Waals surface area contributed by atoms with Crippen LogP contribution in [0.1, 0.15) is 145 Å². The molecule has 4 unspecified atom stereocenters.